The molecule has 0 radical (unpaired) electrons. The van der Waals surface area contributed by atoms with E-state index < -0.39 is 24.5 Å². The SMILES string of the molecule is Cc1ccc(NC(=O)COC(=O)[C@H](NC(=O)c2cccs2)C(C)C)cc1Cl. The number of hydrogen-bond donors (Lipinski definition) is 2. The first-order chi connectivity index (χ1) is 12.8. The molecule has 0 fully saturated rings. The second-order valence-electron chi connectivity index (χ2n) is 6.29. The molecule has 6 nitrogen and oxygen atoms in total. The maximum atomic E-state index is 12.3. The first-order valence-electron chi connectivity index (χ1n) is 8.35. The van der Waals surface area contributed by atoms with E-state index in [0.717, 1.165) is 5.56 Å². The zero-order valence-corrected chi connectivity index (χ0v) is 16.8. The number of amides is 2. The van der Waals surface area contributed by atoms with Crippen molar-refractivity contribution in [2.24, 2.45) is 5.92 Å². The Balaban J connectivity index is 1.89. The molecule has 0 aliphatic carbocycles. The minimum atomic E-state index is -0.846. The lowest BCUT2D eigenvalue weighted by molar-refractivity contribution is -0.150. The third-order valence-electron chi connectivity index (χ3n) is 3.75. The summed E-state index contributed by atoms with van der Waals surface area (Å²) >= 11 is 7.29. The van der Waals surface area contributed by atoms with Crippen LogP contribution in [0.15, 0.2) is 35.7 Å². The van der Waals surface area contributed by atoms with Crippen LogP contribution < -0.4 is 10.6 Å². The summed E-state index contributed by atoms with van der Waals surface area (Å²) in [5, 5.41) is 7.57. The van der Waals surface area contributed by atoms with Gasteiger partial charge in [0.1, 0.15) is 6.04 Å². The molecule has 2 rings (SSSR count). The lowest BCUT2D eigenvalue weighted by atomic mass is 10.0. The van der Waals surface area contributed by atoms with Crippen molar-refractivity contribution in [3.05, 3.63) is 51.2 Å². The zero-order valence-electron chi connectivity index (χ0n) is 15.2. The van der Waals surface area contributed by atoms with E-state index >= 15 is 0 Å². The van der Waals surface area contributed by atoms with Crippen LogP contribution in [0.3, 0.4) is 0 Å². The fraction of sp³-hybridized carbons (Fsp3) is 0.316. The molecular weight excluding hydrogens is 388 g/mol. The van der Waals surface area contributed by atoms with E-state index in [4.69, 9.17) is 16.3 Å². The Hall–Kier alpha value is -2.38. The average molecular weight is 409 g/mol. The molecule has 2 aromatic rings. The number of ether oxygens (including phenoxy) is 1. The minimum absolute atomic E-state index is 0.194. The van der Waals surface area contributed by atoms with Gasteiger partial charge in [-0.2, -0.15) is 0 Å². The standard InChI is InChI=1S/C19H21ClN2O4S/c1-11(2)17(22-18(24)15-5-4-8-27-15)19(25)26-10-16(23)21-13-7-6-12(3)14(20)9-13/h4-9,11,17H,10H2,1-3H3,(H,21,23)(H,22,24)/t17-/m1/s1. The topological polar surface area (TPSA) is 84.5 Å². The van der Waals surface area contributed by atoms with E-state index in [9.17, 15) is 14.4 Å². The Morgan fingerprint density at radius 3 is 2.56 bits per heavy atom. The van der Waals surface area contributed by atoms with Crippen molar-refractivity contribution in [3.8, 4) is 0 Å². The van der Waals surface area contributed by atoms with Crippen LogP contribution in [0.4, 0.5) is 5.69 Å². The van der Waals surface area contributed by atoms with Crippen LogP contribution >= 0.6 is 22.9 Å². The second-order valence-corrected chi connectivity index (χ2v) is 7.65. The van der Waals surface area contributed by atoms with Crippen LogP contribution in [0, 0.1) is 12.8 Å². The highest BCUT2D eigenvalue weighted by atomic mass is 35.5. The molecular formula is C19H21ClN2O4S. The predicted octanol–water partition coefficient (Wildman–Crippen LogP) is 3.65. The molecule has 2 N–H and O–H groups in total. The highest BCUT2D eigenvalue weighted by Gasteiger charge is 2.27. The molecule has 1 aromatic carbocycles. The normalized spacial score (nSPS) is 11.7. The van der Waals surface area contributed by atoms with Crippen LogP contribution in [-0.2, 0) is 14.3 Å². The number of carbonyl (C=O) groups excluding carboxylic acids is 3. The lowest BCUT2D eigenvalue weighted by Crippen LogP contribution is -2.45. The van der Waals surface area contributed by atoms with Gasteiger partial charge in [-0.05, 0) is 42.0 Å². The number of benzene rings is 1. The summed E-state index contributed by atoms with van der Waals surface area (Å²) in [5.74, 6) is -1.69. The maximum Gasteiger partial charge on any atom is 0.329 e. The number of carbonyl (C=O) groups is 3. The van der Waals surface area contributed by atoms with Gasteiger partial charge in [0.05, 0.1) is 4.88 Å². The molecule has 0 bridgehead atoms. The molecule has 0 unspecified atom stereocenters. The monoisotopic (exact) mass is 408 g/mol. The smallest absolute Gasteiger partial charge is 0.329 e. The molecule has 0 saturated heterocycles. The van der Waals surface area contributed by atoms with Gasteiger partial charge in [0.2, 0.25) is 0 Å². The number of aryl methyl sites for hydroxylation is 1. The Morgan fingerprint density at radius 2 is 1.96 bits per heavy atom. The number of thiophene rings is 1. The minimum Gasteiger partial charge on any atom is -0.454 e. The number of hydrogen-bond acceptors (Lipinski definition) is 5. The van der Waals surface area contributed by atoms with Gasteiger partial charge in [0, 0.05) is 10.7 Å². The lowest BCUT2D eigenvalue weighted by Gasteiger charge is -2.20. The summed E-state index contributed by atoms with van der Waals surface area (Å²) in [4.78, 5) is 37.0. The molecule has 0 aliphatic rings. The van der Waals surface area contributed by atoms with Crippen molar-refractivity contribution in [2.75, 3.05) is 11.9 Å². The van der Waals surface area contributed by atoms with E-state index in [0.29, 0.717) is 15.6 Å². The van der Waals surface area contributed by atoms with E-state index in [1.54, 1.807) is 49.6 Å². The molecule has 0 saturated carbocycles. The van der Waals surface area contributed by atoms with Crippen LogP contribution in [0.5, 0.6) is 0 Å². The molecule has 0 spiro atoms. The van der Waals surface area contributed by atoms with Crippen LogP contribution in [0.2, 0.25) is 5.02 Å². The fourth-order valence-electron chi connectivity index (χ4n) is 2.21. The second kappa shape index (κ2) is 9.53. The molecule has 0 aliphatic heterocycles. The van der Waals surface area contributed by atoms with Crippen molar-refractivity contribution in [3.63, 3.8) is 0 Å². The van der Waals surface area contributed by atoms with Gasteiger partial charge in [-0.1, -0.05) is 37.6 Å². The van der Waals surface area contributed by atoms with Crippen molar-refractivity contribution >= 4 is 46.4 Å². The quantitative estimate of drug-likeness (QED) is 0.685. The predicted molar refractivity (Wildman–Crippen MR) is 106 cm³/mol. The highest BCUT2D eigenvalue weighted by molar-refractivity contribution is 7.12. The van der Waals surface area contributed by atoms with Crippen LogP contribution in [0.1, 0.15) is 29.1 Å². The number of rotatable bonds is 7. The molecule has 1 atom stereocenters. The molecule has 144 valence electrons. The molecule has 27 heavy (non-hydrogen) atoms. The molecule has 1 heterocycles. The third-order valence-corrected chi connectivity index (χ3v) is 5.03. The molecule has 1 aromatic heterocycles. The third kappa shape index (κ3) is 6.08. The summed E-state index contributed by atoms with van der Waals surface area (Å²) in [6, 6.07) is 7.68. The summed E-state index contributed by atoms with van der Waals surface area (Å²) in [5.41, 5.74) is 1.40. The Morgan fingerprint density at radius 1 is 1.22 bits per heavy atom. The van der Waals surface area contributed by atoms with Gasteiger partial charge in [0.15, 0.2) is 6.61 Å². The summed E-state index contributed by atoms with van der Waals surface area (Å²) < 4.78 is 5.08. The van der Waals surface area contributed by atoms with Crippen LogP contribution in [-0.4, -0.2) is 30.4 Å². The first kappa shape index (κ1) is 20.9. The van der Waals surface area contributed by atoms with Gasteiger partial charge >= 0.3 is 5.97 Å². The van der Waals surface area contributed by atoms with Crippen molar-refractivity contribution in [1.82, 2.24) is 5.32 Å². The van der Waals surface area contributed by atoms with Gasteiger partial charge < -0.3 is 15.4 Å². The average Bonchev–Trinajstić information content (AvgIpc) is 3.15. The van der Waals surface area contributed by atoms with Crippen LogP contribution in [0.25, 0.3) is 0 Å². The van der Waals surface area contributed by atoms with Gasteiger partial charge in [0.25, 0.3) is 11.8 Å². The van der Waals surface area contributed by atoms with E-state index in [1.165, 1.54) is 11.3 Å². The Kier molecular flexibility index (Phi) is 7.38. The van der Waals surface area contributed by atoms with Crippen molar-refractivity contribution < 1.29 is 19.1 Å². The maximum absolute atomic E-state index is 12.3. The van der Waals surface area contributed by atoms with Gasteiger partial charge in [-0.25, -0.2) is 4.79 Å². The zero-order chi connectivity index (χ0) is 20.0. The first-order valence-corrected chi connectivity index (χ1v) is 9.60. The van der Waals surface area contributed by atoms with Crippen molar-refractivity contribution in [1.29, 1.82) is 0 Å². The number of halogens is 1. The fourth-order valence-corrected chi connectivity index (χ4v) is 3.02. The van der Waals surface area contributed by atoms with Gasteiger partial charge in [-0.3, -0.25) is 9.59 Å². The van der Waals surface area contributed by atoms with E-state index in [-0.39, 0.29) is 11.8 Å². The Labute approximate surface area is 166 Å². The van der Waals surface area contributed by atoms with E-state index in [1.807, 2.05) is 6.92 Å². The van der Waals surface area contributed by atoms with Gasteiger partial charge in [-0.15, -0.1) is 11.3 Å². The summed E-state index contributed by atoms with van der Waals surface area (Å²) in [6.45, 7) is 4.97. The highest BCUT2D eigenvalue weighted by Crippen LogP contribution is 2.19. The summed E-state index contributed by atoms with van der Waals surface area (Å²) in [6.07, 6.45) is 0. The largest absolute Gasteiger partial charge is 0.454 e. The van der Waals surface area contributed by atoms with Crippen molar-refractivity contribution in [2.45, 2.75) is 26.8 Å². The molecule has 8 heteroatoms. The number of anilines is 1. The Bertz CT molecular complexity index is 821. The number of nitrogens with one attached hydrogen (secondary N) is 2. The summed E-state index contributed by atoms with van der Waals surface area (Å²) in [7, 11) is 0. The van der Waals surface area contributed by atoms with E-state index in [2.05, 4.69) is 10.6 Å². The molecule has 2 amide bonds. The number of esters is 1.